The van der Waals surface area contributed by atoms with Crippen LogP contribution in [0.15, 0.2) is 18.3 Å². The van der Waals surface area contributed by atoms with Crippen molar-refractivity contribution < 1.29 is 4.79 Å². The minimum absolute atomic E-state index is 0.129. The van der Waals surface area contributed by atoms with Crippen molar-refractivity contribution in [2.45, 2.75) is 46.1 Å². The van der Waals surface area contributed by atoms with Gasteiger partial charge >= 0.3 is 0 Å². The van der Waals surface area contributed by atoms with Gasteiger partial charge in [0.1, 0.15) is 5.69 Å². The molecule has 0 aliphatic rings. The third-order valence-electron chi connectivity index (χ3n) is 2.76. The van der Waals surface area contributed by atoms with E-state index >= 15 is 0 Å². The molecular weight excluding hydrogens is 238 g/mol. The average molecular weight is 263 g/mol. The highest BCUT2D eigenvalue weighted by molar-refractivity contribution is 5.92. The maximum Gasteiger partial charge on any atom is 0.270 e. The Kier molecular flexibility index (Phi) is 5.33. The van der Waals surface area contributed by atoms with Crippen LogP contribution >= 0.6 is 0 Å². The number of anilines is 1. The van der Waals surface area contributed by atoms with Crippen molar-refractivity contribution >= 4 is 11.6 Å². The van der Waals surface area contributed by atoms with E-state index in [2.05, 4.69) is 22.1 Å². The highest BCUT2D eigenvalue weighted by Gasteiger charge is 2.16. The molecule has 1 heterocycles. The van der Waals surface area contributed by atoms with Crippen LogP contribution in [0.5, 0.6) is 0 Å². The number of amides is 1. The average Bonchev–Trinajstić information content (AvgIpc) is 2.34. The number of hydrogen-bond acceptors (Lipinski definition) is 3. The largest absolute Gasteiger partial charge is 0.373 e. The van der Waals surface area contributed by atoms with Crippen molar-refractivity contribution in [1.29, 1.82) is 0 Å². The molecule has 0 saturated carbocycles. The molecule has 106 valence electrons. The normalized spacial score (nSPS) is 11.2. The molecule has 1 aromatic rings. The predicted octanol–water partition coefficient (Wildman–Crippen LogP) is 2.85. The Balaban J connectivity index is 2.68. The van der Waals surface area contributed by atoms with Crippen molar-refractivity contribution in [3.05, 3.63) is 24.0 Å². The lowest BCUT2D eigenvalue weighted by Crippen LogP contribution is -2.40. The van der Waals surface area contributed by atoms with E-state index in [1.807, 2.05) is 33.9 Å². The van der Waals surface area contributed by atoms with Crippen molar-refractivity contribution in [3.63, 3.8) is 0 Å². The van der Waals surface area contributed by atoms with Gasteiger partial charge in [-0.25, -0.2) is 4.98 Å². The monoisotopic (exact) mass is 263 g/mol. The first-order chi connectivity index (χ1) is 8.83. The second kappa shape index (κ2) is 6.55. The van der Waals surface area contributed by atoms with Crippen LogP contribution in [0.3, 0.4) is 0 Å². The first-order valence-corrected chi connectivity index (χ1v) is 6.83. The van der Waals surface area contributed by atoms with Gasteiger partial charge in [0, 0.05) is 19.1 Å². The molecule has 0 spiro atoms. The maximum absolute atomic E-state index is 11.9. The molecule has 1 N–H and O–H groups in total. The maximum atomic E-state index is 11.9. The number of nitrogens with zero attached hydrogens (tertiary/aromatic N) is 2. The van der Waals surface area contributed by atoms with E-state index in [0.29, 0.717) is 5.69 Å². The van der Waals surface area contributed by atoms with Gasteiger partial charge in [0.2, 0.25) is 0 Å². The zero-order valence-corrected chi connectivity index (χ0v) is 12.7. The summed E-state index contributed by atoms with van der Waals surface area (Å²) in [6.45, 7) is 9.05. The standard InChI is InChI=1S/C15H25N3O/c1-6-7-10-18(5)12-8-9-13(16-11-12)14(19)17-15(2,3)4/h8-9,11H,6-7,10H2,1-5H3,(H,17,19). The molecule has 0 atom stereocenters. The predicted molar refractivity (Wildman–Crippen MR) is 79.6 cm³/mol. The van der Waals surface area contributed by atoms with Gasteiger partial charge in [-0.05, 0) is 39.3 Å². The molecule has 0 aliphatic heterocycles. The van der Waals surface area contributed by atoms with Crippen LogP contribution in [0.25, 0.3) is 0 Å². The van der Waals surface area contributed by atoms with Gasteiger partial charge in [0.05, 0.1) is 11.9 Å². The smallest absolute Gasteiger partial charge is 0.270 e. The molecular formula is C15H25N3O. The minimum atomic E-state index is -0.241. The van der Waals surface area contributed by atoms with Gasteiger partial charge in [-0.2, -0.15) is 0 Å². The van der Waals surface area contributed by atoms with Crippen LogP contribution in [0.2, 0.25) is 0 Å². The molecule has 1 rings (SSSR count). The van der Waals surface area contributed by atoms with Gasteiger partial charge in [-0.15, -0.1) is 0 Å². The summed E-state index contributed by atoms with van der Waals surface area (Å²) in [5.41, 5.74) is 1.26. The second-order valence-electron chi connectivity index (χ2n) is 5.88. The van der Waals surface area contributed by atoms with Gasteiger partial charge in [-0.3, -0.25) is 4.79 Å². The number of nitrogens with one attached hydrogen (secondary N) is 1. The molecule has 4 heteroatoms. The summed E-state index contributed by atoms with van der Waals surface area (Å²) in [5.74, 6) is -0.129. The number of carbonyl (C=O) groups is 1. The molecule has 0 aromatic carbocycles. The van der Waals surface area contributed by atoms with E-state index < -0.39 is 0 Å². The molecule has 0 unspecified atom stereocenters. The fourth-order valence-corrected chi connectivity index (χ4v) is 1.68. The van der Waals surface area contributed by atoms with Crippen molar-refractivity contribution in [2.24, 2.45) is 0 Å². The van der Waals surface area contributed by atoms with Gasteiger partial charge in [0.25, 0.3) is 5.91 Å². The third-order valence-corrected chi connectivity index (χ3v) is 2.76. The van der Waals surface area contributed by atoms with Crippen LogP contribution in [0, 0.1) is 0 Å². The first kappa shape index (κ1) is 15.5. The lowest BCUT2D eigenvalue weighted by Gasteiger charge is -2.21. The number of aromatic nitrogens is 1. The third kappa shape index (κ3) is 5.28. The van der Waals surface area contributed by atoms with E-state index in [1.54, 1.807) is 12.3 Å². The summed E-state index contributed by atoms with van der Waals surface area (Å²) >= 11 is 0. The summed E-state index contributed by atoms with van der Waals surface area (Å²) < 4.78 is 0. The van der Waals surface area contributed by atoms with Crippen molar-refractivity contribution in [1.82, 2.24) is 10.3 Å². The van der Waals surface area contributed by atoms with E-state index in [0.717, 1.165) is 18.7 Å². The van der Waals surface area contributed by atoms with E-state index in [-0.39, 0.29) is 11.4 Å². The minimum Gasteiger partial charge on any atom is -0.373 e. The Morgan fingerprint density at radius 1 is 1.37 bits per heavy atom. The van der Waals surface area contributed by atoms with Gasteiger partial charge < -0.3 is 10.2 Å². The Labute approximate surface area is 116 Å². The zero-order valence-electron chi connectivity index (χ0n) is 12.7. The molecule has 19 heavy (non-hydrogen) atoms. The summed E-state index contributed by atoms with van der Waals surface area (Å²) in [4.78, 5) is 18.3. The van der Waals surface area contributed by atoms with Crippen LogP contribution in [-0.2, 0) is 0 Å². The quantitative estimate of drug-likeness (QED) is 0.888. The van der Waals surface area contributed by atoms with Crippen LogP contribution in [0.1, 0.15) is 51.0 Å². The molecule has 0 radical (unpaired) electrons. The fourth-order valence-electron chi connectivity index (χ4n) is 1.68. The molecule has 0 saturated heterocycles. The van der Waals surface area contributed by atoms with Crippen LogP contribution in [-0.4, -0.2) is 30.0 Å². The number of hydrogen-bond donors (Lipinski definition) is 1. The lowest BCUT2D eigenvalue weighted by atomic mass is 10.1. The van der Waals surface area contributed by atoms with E-state index in [9.17, 15) is 4.79 Å². The van der Waals surface area contributed by atoms with Crippen molar-refractivity contribution in [3.8, 4) is 0 Å². The topological polar surface area (TPSA) is 45.2 Å². The molecule has 0 fully saturated rings. The van der Waals surface area contributed by atoms with Crippen molar-refractivity contribution in [2.75, 3.05) is 18.5 Å². The van der Waals surface area contributed by atoms with E-state index in [4.69, 9.17) is 0 Å². The molecule has 0 bridgehead atoms. The zero-order chi connectivity index (χ0) is 14.5. The molecule has 1 aromatic heterocycles. The Bertz CT molecular complexity index is 406. The first-order valence-electron chi connectivity index (χ1n) is 6.83. The summed E-state index contributed by atoms with van der Waals surface area (Å²) in [6.07, 6.45) is 4.08. The molecule has 4 nitrogen and oxygen atoms in total. The summed E-state index contributed by atoms with van der Waals surface area (Å²) in [5, 5.41) is 2.90. The van der Waals surface area contributed by atoms with E-state index in [1.165, 1.54) is 6.42 Å². The highest BCUT2D eigenvalue weighted by atomic mass is 16.2. The number of pyridine rings is 1. The SMILES string of the molecule is CCCCN(C)c1ccc(C(=O)NC(C)(C)C)nc1. The lowest BCUT2D eigenvalue weighted by molar-refractivity contribution is 0.0914. The highest BCUT2D eigenvalue weighted by Crippen LogP contribution is 2.12. The fraction of sp³-hybridized carbons (Fsp3) is 0.600. The number of rotatable bonds is 5. The van der Waals surface area contributed by atoms with Crippen LogP contribution < -0.4 is 10.2 Å². The Hall–Kier alpha value is -1.58. The van der Waals surface area contributed by atoms with Gasteiger partial charge in [0.15, 0.2) is 0 Å². The summed E-state index contributed by atoms with van der Waals surface area (Å²) in [6, 6.07) is 3.72. The summed E-state index contributed by atoms with van der Waals surface area (Å²) in [7, 11) is 2.04. The van der Waals surface area contributed by atoms with Crippen LogP contribution in [0.4, 0.5) is 5.69 Å². The molecule has 0 aliphatic carbocycles. The van der Waals surface area contributed by atoms with Gasteiger partial charge in [-0.1, -0.05) is 13.3 Å². The number of unbranched alkanes of at least 4 members (excludes halogenated alkanes) is 1. The molecule has 1 amide bonds. The Morgan fingerprint density at radius 3 is 2.53 bits per heavy atom. The number of carbonyl (C=O) groups excluding carboxylic acids is 1. The second-order valence-corrected chi connectivity index (χ2v) is 5.88. The Morgan fingerprint density at radius 2 is 2.05 bits per heavy atom.